The number of amides is 1. The number of hydrogen-bond acceptors (Lipinski definition) is 5. The summed E-state index contributed by atoms with van der Waals surface area (Å²) in [5, 5.41) is 2.75. The molecular formula is C13H12N4O3. The van der Waals surface area contributed by atoms with Crippen LogP contribution in [-0.4, -0.2) is 22.5 Å². The zero-order chi connectivity index (χ0) is 14.1. The van der Waals surface area contributed by atoms with E-state index >= 15 is 0 Å². The Balaban J connectivity index is 2.07. The summed E-state index contributed by atoms with van der Waals surface area (Å²) in [5.41, 5.74) is 6.86. The number of fused-ring (bicyclic) bond motifs is 1. The minimum Gasteiger partial charge on any atom is -0.491 e. The van der Waals surface area contributed by atoms with Gasteiger partial charge in [-0.25, -0.2) is 4.98 Å². The predicted molar refractivity (Wildman–Crippen MR) is 73.4 cm³/mol. The van der Waals surface area contributed by atoms with Crippen molar-refractivity contribution in [2.75, 3.05) is 17.7 Å². The van der Waals surface area contributed by atoms with Crippen LogP contribution in [0.5, 0.6) is 5.75 Å². The Bertz CT molecular complexity index is 739. The molecule has 7 heteroatoms. The Labute approximate surface area is 113 Å². The molecule has 1 aliphatic heterocycles. The molecule has 2 heterocycles. The van der Waals surface area contributed by atoms with Gasteiger partial charge in [-0.15, -0.1) is 0 Å². The minimum atomic E-state index is -0.331. The first kappa shape index (κ1) is 12.2. The van der Waals surface area contributed by atoms with Crippen molar-refractivity contribution in [2.24, 2.45) is 0 Å². The summed E-state index contributed by atoms with van der Waals surface area (Å²) in [4.78, 5) is 29.4. The number of rotatable bonds is 1. The number of H-pyrrole nitrogens is 1. The molecule has 0 atom stereocenters. The molecule has 0 saturated heterocycles. The number of carbonyl (C=O) groups is 1. The molecule has 102 valence electrons. The third-order valence-corrected chi connectivity index (χ3v) is 2.90. The molecule has 1 amide bonds. The maximum atomic E-state index is 11.5. The molecule has 0 saturated carbocycles. The van der Waals surface area contributed by atoms with Crippen molar-refractivity contribution < 1.29 is 9.53 Å². The molecule has 7 nitrogen and oxygen atoms in total. The maximum absolute atomic E-state index is 11.5. The molecule has 1 aromatic carbocycles. The Hall–Kier alpha value is -2.83. The smallest absolute Gasteiger partial charge is 0.252 e. The van der Waals surface area contributed by atoms with Crippen molar-refractivity contribution in [3.63, 3.8) is 0 Å². The Morgan fingerprint density at radius 1 is 1.25 bits per heavy atom. The highest BCUT2D eigenvalue weighted by molar-refractivity contribution is 5.94. The lowest BCUT2D eigenvalue weighted by molar-refractivity contribution is -0.116. The molecule has 2 aromatic rings. The number of benzene rings is 1. The van der Waals surface area contributed by atoms with Crippen LogP contribution in [0.3, 0.4) is 0 Å². The number of anilines is 2. The number of aromatic amines is 1. The molecule has 20 heavy (non-hydrogen) atoms. The van der Waals surface area contributed by atoms with E-state index in [2.05, 4.69) is 15.3 Å². The topological polar surface area (TPSA) is 110 Å². The summed E-state index contributed by atoms with van der Waals surface area (Å²) in [6.07, 6.45) is 0.306. The van der Waals surface area contributed by atoms with Gasteiger partial charge in [0.1, 0.15) is 5.75 Å². The van der Waals surface area contributed by atoms with Crippen molar-refractivity contribution in [3.8, 4) is 17.0 Å². The number of nitrogens with one attached hydrogen (secondary N) is 2. The number of nitrogens with two attached hydrogens (primary N) is 1. The van der Waals surface area contributed by atoms with Crippen molar-refractivity contribution in [1.82, 2.24) is 9.97 Å². The van der Waals surface area contributed by atoms with Gasteiger partial charge in [-0.2, -0.15) is 0 Å². The summed E-state index contributed by atoms with van der Waals surface area (Å²) >= 11 is 0. The maximum Gasteiger partial charge on any atom is 0.252 e. The third kappa shape index (κ3) is 2.33. The molecule has 0 fully saturated rings. The molecule has 0 unspecified atom stereocenters. The van der Waals surface area contributed by atoms with Gasteiger partial charge in [0.05, 0.1) is 24.4 Å². The van der Waals surface area contributed by atoms with Crippen LogP contribution in [0.1, 0.15) is 6.42 Å². The van der Waals surface area contributed by atoms with Crippen molar-refractivity contribution in [3.05, 3.63) is 34.6 Å². The SMILES string of the molecule is Nc1nc(-c2ccc3c(c2)NC(=O)CCO3)cc(=O)[nH]1. The van der Waals surface area contributed by atoms with Crippen LogP contribution in [0.15, 0.2) is 29.1 Å². The molecule has 0 spiro atoms. The van der Waals surface area contributed by atoms with Gasteiger partial charge in [0.25, 0.3) is 5.56 Å². The number of carbonyl (C=O) groups excluding carboxylic acids is 1. The highest BCUT2D eigenvalue weighted by Gasteiger charge is 2.15. The molecular weight excluding hydrogens is 260 g/mol. The van der Waals surface area contributed by atoms with Gasteiger partial charge in [0.2, 0.25) is 11.9 Å². The average molecular weight is 272 g/mol. The van der Waals surface area contributed by atoms with Crippen LogP contribution in [-0.2, 0) is 4.79 Å². The van der Waals surface area contributed by atoms with E-state index in [1.807, 2.05) is 0 Å². The number of aromatic nitrogens is 2. The average Bonchev–Trinajstić information content (AvgIpc) is 2.57. The van der Waals surface area contributed by atoms with Crippen LogP contribution in [0.2, 0.25) is 0 Å². The van der Waals surface area contributed by atoms with Gasteiger partial charge in [-0.3, -0.25) is 14.6 Å². The molecule has 4 N–H and O–H groups in total. The van der Waals surface area contributed by atoms with E-state index in [1.165, 1.54) is 6.07 Å². The second-order valence-corrected chi connectivity index (χ2v) is 4.37. The molecule has 1 aliphatic rings. The summed E-state index contributed by atoms with van der Waals surface area (Å²) in [6, 6.07) is 6.55. The van der Waals surface area contributed by atoms with E-state index in [-0.39, 0.29) is 17.4 Å². The normalized spacial score (nSPS) is 13.9. The summed E-state index contributed by atoms with van der Waals surface area (Å²) in [6.45, 7) is 0.342. The molecule has 0 aliphatic carbocycles. The van der Waals surface area contributed by atoms with E-state index in [0.717, 1.165) is 0 Å². The van der Waals surface area contributed by atoms with Crippen molar-refractivity contribution in [2.45, 2.75) is 6.42 Å². The Kier molecular flexibility index (Phi) is 2.86. The molecule has 0 radical (unpaired) electrons. The van der Waals surface area contributed by atoms with Gasteiger partial charge >= 0.3 is 0 Å². The van der Waals surface area contributed by atoms with Gasteiger partial charge < -0.3 is 15.8 Å². The summed E-state index contributed by atoms with van der Waals surface area (Å²) in [7, 11) is 0. The third-order valence-electron chi connectivity index (χ3n) is 2.90. The van der Waals surface area contributed by atoms with Crippen LogP contribution in [0, 0.1) is 0 Å². The quantitative estimate of drug-likeness (QED) is 0.709. The van der Waals surface area contributed by atoms with Crippen molar-refractivity contribution >= 4 is 17.5 Å². The second-order valence-electron chi connectivity index (χ2n) is 4.37. The highest BCUT2D eigenvalue weighted by atomic mass is 16.5. The van der Waals surface area contributed by atoms with Crippen LogP contribution in [0.25, 0.3) is 11.3 Å². The largest absolute Gasteiger partial charge is 0.491 e. The van der Waals surface area contributed by atoms with Gasteiger partial charge in [-0.1, -0.05) is 0 Å². The Morgan fingerprint density at radius 2 is 2.10 bits per heavy atom. The van der Waals surface area contributed by atoms with Gasteiger partial charge in [-0.05, 0) is 18.2 Å². The predicted octanol–water partition coefficient (Wildman–Crippen LogP) is 0.740. The summed E-state index contributed by atoms with van der Waals surface area (Å²) in [5.74, 6) is 0.527. The molecule has 3 rings (SSSR count). The lowest BCUT2D eigenvalue weighted by Gasteiger charge is -2.09. The fraction of sp³-hybridized carbons (Fsp3) is 0.154. The minimum absolute atomic E-state index is 0.0442. The van der Waals surface area contributed by atoms with Crippen LogP contribution < -0.4 is 21.3 Å². The van der Waals surface area contributed by atoms with Crippen LogP contribution in [0.4, 0.5) is 11.6 Å². The van der Waals surface area contributed by atoms with E-state index in [9.17, 15) is 9.59 Å². The number of ether oxygens (including phenoxy) is 1. The van der Waals surface area contributed by atoms with E-state index in [0.29, 0.717) is 35.7 Å². The highest BCUT2D eigenvalue weighted by Crippen LogP contribution is 2.31. The lowest BCUT2D eigenvalue weighted by Crippen LogP contribution is -2.11. The standard InChI is InChI=1S/C13H12N4O3/c14-13-16-8(6-12(19)17-13)7-1-2-10-9(5-7)15-11(18)3-4-20-10/h1-2,5-6H,3-4H2,(H,15,18)(H3,14,16,17,19). The zero-order valence-corrected chi connectivity index (χ0v) is 10.5. The number of hydrogen-bond donors (Lipinski definition) is 3. The number of nitrogen functional groups attached to an aromatic ring is 1. The van der Waals surface area contributed by atoms with E-state index in [4.69, 9.17) is 10.5 Å². The van der Waals surface area contributed by atoms with Gasteiger partial charge in [0.15, 0.2) is 0 Å². The first-order valence-electron chi connectivity index (χ1n) is 6.06. The molecule has 0 bridgehead atoms. The lowest BCUT2D eigenvalue weighted by atomic mass is 10.1. The summed E-state index contributed by atoms with van der Waals surface area (Å²) < 4.78 is 5.46. The second kappa shape index (κ2) is 4.69. The van der Waals surface area contributed by atoms with Crippen molar-refractivity contribution in [1.29, 1.82) is 0 Å². The Morgan fingerprint density at radius 3 is 2.90 bits per heavy atom. The van der Waals surface area contributed by atoms with E-state index in [1.54, 1.807) is 18.2 Å². The van der Waals surface area contributed by atoms with Gasteiger partial charge in [0, 0.05) is 11.6 Å². The fourth-order valence-electron chi connectivity index (χ4n) is 2.00. The molecule has 1 aromatic heterocycles. The monoisotopic (exact) mass is 272 g/mol. The zero-order valence-electron chi connectivity index (χ0n) is 10.5. The first-order chi connectivity index (χ1) is 9.61. The fourth-order valence-corrected chi connectivity index (χ4v) is 2.00. The first-order valence-corrected chi connectivity index (χ1v) is 6.06. The van der Waals surface area contributed by atoms with Crippen LogP contribution >= 0.6 is 0 Å². The number of nitrogens with zero attached hydrogens (tertiary/aromatic N) is 1. The van der Waals surface area contributed by atoms with E-state index < -0.39 is 0 Å².